The van der Waals surface area contributed by atoms with E-state index in [1.807, 2.05) is 0 Å². The molecule has 28 heavy (non-hydrogen) atoms. The Morgan fingerprint density at radius 2 is 1.68 bits per heavy atom. The first kappa shape index (κ1) is 23.6. The Morgan fingerprint density at radius 3 is 2.25 bits per heavy atom. The van der Waals surface area contributed by atoms with Crippen LogP contribution in [-0.4, -0.2) is 90.0 Å². The van der Waals surface area contributed by atoms with Gasteiger partial charge in [0.05, 0.1) is 13.7 Å². The zero-order valence-corrected chi connectivity index (χ0v) is 17.6. The fraction of sp³-hybridized carbons (Fsp3) is 0.684. The van der Waals surface area contributed by atoms with E-state index in [2.05, 4.69) is 29.2 Å². The van der Waals surface area contributed by atoms with Crippen LogP contribution >= 0.6 is 23.2 Å². The maximum absolute atomic E-state index is 10.1. The molecule has 0 aromatic heterocycles. The number of benzene rings is 1. The van der Waals surface area contributed by atoms with Crippen molar-refractivity contribution in [1.29, 1.82) is 0 Å². The second kappa shape index (κ2) is 12.1. The molecule has 0 saturated carbocycles. The van der Waals surface area contributed by atoms with E-state index in [0.29, 0.717) is 18.3 Å². The number of hydrogen-bond donors (Lipinski definition) is 3. The van der Waals surface area contributed by atoms with E-state index in [-0.39, 0.29) is 6.61 Å². The van der Waals surface area contributed by atoms with Crippen molar-refractivity contribution in [3.8, 4) is 0 Å². The van der Waals surface area contributed by atoms with Gasteiger partial charge < -0.3 is 25.0 Å². The average molecular weight is 437 g/mol. The molecule has 1 saturated heterocycles. The summed E-state index contributed by atoms with van der Waals surface area (Å²) in [6, 6.07) is 8.28. The molecule has 160 valence electrons. The molecular weight excluding hydrogens is 407 g/mol. The molecule has 0 bridgehead atoms. The van der Waals surface area contributed by atoms with Gasteiger partial charge >= 0.3 is 0 Å². The fourth-order valence-corrected chi connectivity index (χ4v) is 3.66. The first-order valence-electron chi connectivity index (χ1n) is 9.44. The van der Waals surface area contributed by atoms with E-state index in [4.69, 9.17) is 32.8 Å². The normalized spacial score (nSPS) is 25.2. The SMILES string of the molecule is CON(CCCc1ccc(N(CCCl)CCCl)cc1)C1OC[C@H](O)[C@@H](O)[C@H]1O. The van der Waals surface area contributed by atoms with Gasteiger partial charge in [-0.2, -0.15) is 5.06 Å². The lowest BCUT2D eigenvalue weighted by molar-refractivity contribution is -0.305. The minimum absolute atomic E-state index is 0.0503. The Labute approximate surface area is 176 Å². The van der Waals surface area contributed by atoms with Gasteiger partial charge in [-0.3, -0.25) is 4.84 Å². The molecule has 1 heterocycles. The van der Waals surface area contributed by atoms with Crippen LogP contribution in [0.4, 0.5) is 5.69 Å². The highest BCUT2D eigenvalue weighted by Gasteiger charge is 2.40. The van der Waals surface area contributed by atoms with E-state index in [9.17, 15) is 15.3 Å². The van der Waals surface area contributed by atoms with E-state index in [1.165, 1.54) is 17.7 Å². The number of aliphatic hydroxyl groups excluding tert-OH is 3. The third-order valence-electron chi connectivity index (χ3n) is 4.85. The van der Waals surface area contributed by atoms with Crippen LogP contribution in [0.2, 0.25) is 0 Å². The number of hydrogen-bond acceptors (Lipinski definition) is 7. The van der Waals surface area contributed by atoms with Crippen LogP contribution in [0.1, 0.15) is 12.0 Å². The molecule has 0 amide bonds. The molecule has 7 nitrogen and oxygen atoms in total. The molecule has 1 fully saturated rings. The first-order valence-corrected chi connectivity index (χ1v) is 10.5. The van der Waals surface area contributed by atoms with Crippen molar-refractivity contribution in [1.82, 2.24) is 5.06 Å². The summed E-state index contributed by atoms with van der Waals surface area (Å²) in [4.78, 5) is 7.46. The molecule has 2 rings (SSSR count). The molecule has 3 N–H and O–H groups in total. The number of nitrogens with zero attached hydrogens (tertiary/aromatic N) is 2. The summed E-state index contributed by atoms with van der Waals surface area (Å²) in [5, 5.41) is 31.0. The Morgan fingerprint density at radius 1 is 1.04 bits per heavy atom. The highest BCUT2D eigenvalue weighted by atomic mass is 35.5. The number of anilines is 1. The van der Waals surface area contributed by atoms with Crippen LogP contribution in [0, 0.1) is 0 Å². The Bertz CT molecular complexity index is 560. The largest absolute Gasteiger partial charge is 0.388 e. The summed E-state index contributed by atoms with van der Waals surface area (Å²) in [5.41, 5.74) is 2.27. The van der Waals surface area contributed by atoms with Crippen molar-refractivity contribution < 1.29 is 24.9 Å². The molecule has 1 aromatic carbocycles. The predicted octanol–water partition coefficient (Wildman–Crippen LogP) is 1.21. The fourth-order valence-electron chi connectivity index (χ4n) is 3.25. The Hall–Kier alpha value is -0.640. The van der Waals surface area contributed by atoms with E-state index in [1.54, 1.807) is 0 Å². The van der Waals surface area contributed by atoms with Crippen molar-refractivity contribution in [2.45, 2.75) is 37.4 Å². The summed E-state index contributed by atoms with van der Waals surface area (Å²) < 4.78 is 5.43. The maximum atomic E-state index is 10.1. The average Bonchev–Trinajstić information content (AvgIpc) is 2.71. The minimum atomic E-state index is -1.26. The lowest BCUT2D eigenvalue weighted by Crippen LogP contribution is -2.58. The zero-order chi connectivity index (χ0) is 20.5. The molecule has 0 aliphatic carbocycles. The molecule has 1 unspecified atom stereocenters. The number of ether oxygens (including phenoxy) is 1. The van der Waals surface area contributed by atoms with Crippen molar-refractivity contribution in [2.24, 2.45) is 0 Å². The number of alkyl halides is 2. The Balaban J connectivity index is 1.86. The lowest BCUT2D eigenvalue weighted by Gasteiger charge is -2.40. The van der Waals surface area contributed by atoms with Gasteiger partial charge in [0, 0.05) is 37.1 Å². The molecule has 4 atom stereocenters. The third kappa shape index (κ3) is 6.43. The monoisotopic (exact) mass is 436 g/mol. The second-order valence-electron chi connectivity index (χ2n) is 6.73. The summed E-state index contributed by atoms with van der Waals surface area (Å²) in [7, 11) is 1.49. The molecule has 0 spiro atoms. The highest BCUT2D eigenvalue weighted by Crippen LogP contribution is 2.20. The predicted molar refractivity (Wildman–Crippen MR) is 110 cm³/mol. The summed E-state index contributed by atoms with van der Waals surface area (Å²) in [5.74, 6) is 1.10. The standard InChI is InChI=1S/C19H30Cl2N2O5/c1-27-23(19-18(26)17(25)16(24)13-28-19)10-2-3-14-4-6-15(7-5-14)22(11-8-20)12-9-21/h4-7,16-19,24-26H,2-3,8-13H2,1H3/t16-,17+,18+,19?/m0/s1. The maximum Gasteiger partial charge on any atom is 0.161 e. The van der Waals surface area contributed by atoms with Crippen LogP contribution in [0.25, 0.3) is 0 Å². The van der Waals surface area contributed by atoms with Gasteiger partial charge in [-0.05, 0) is 30.5 Å². The molecular formula is C19H30Cl2N2O5. The number of rotatable bonds is 11. The van der Waals surface area contributed by atoms with E-state index >= 15 is 0 Å². The number of aryl methyl sites for hydroxylation is 1. The van der Waals surface area contributed by atoms with E-state index < -0.39 is 24.5 Å². The Kier molecular flexibility index (Phi) is 10.3. The quantitative estimate of drug-likeness (QED) is 0.355. The number of hydroxylamine groups is 2. The minimum Gasteiger partial charge on any atom is -0.388 e. The molecule has 1 aromatic rings. The van der Waals surface area contributed by atoms with Gasteiger partial charge in [-0.15, -0.1) is 23.2 Å². The van der Waals surface area contributed by atoms with Gasteiger partial charge in [0.25, 0.3) is 0 Å². The third-order valence-corrected chi connectivity index (χ3v) is 5.18. The van der Waals surface area contributed by atoms with Gasteiger partial charge in [0.1, 0.15) is 18.3 Å². The molecule has 1 aliphatic heterocycles. The smallest absolute Gasteiger partial charge is 0.161 e. The number of aliphatic hydroxyl groups is 3. The van der Waals surface area contributed by atoms with Crippen molar-refractivity contribution >= 4 is 28.9 Å². The van der Waals surface area contributed by atoms with Crippen molar-refractivity contribution in [3.05, 3.63) is 29.8 Å². The van der Waals surface area contributed by atoms with Gasteiger partial charge in [0.15, 0.2) is 6.23 Å². The van der Waals surface area contributed by atoms with Gasteiger partial charge in [0.2, 0.25) is 0 Å². The summed E-state index contributed by atoms with van der Waals surface area (Å²) >= 11 is 11.7. The topological polar surface area (TPSA) is 85.6 Å². The lowest BCUT2D eigenvalue weighted by atomic mass is 10.0. The number of halogens is 2. The van der Waals surface area contributed by atoms with Gasteiger partial charge in [-0.1, -0.05) is 12.1 Å². The summed E-state index contributed by atoms with van der Waals surface area (Å²) in [6.07, 6.45) is -2.82. The highest BCUT2D eigenvalue weighted by molar-refractivity contribution is 6.18. The molecule has 1 aliphatic rings. The molecule has 0 radical (unpaired) electrons. The van der Waals surface area contributed by atoms with Crippen molar-refractivity contribution in [3.63, 3.8) is 0 Å². The van der Waals surface area contributed by atoms with E-state index in [0.717, 1.165) is 31.6 Å². The second-order valence-corrected chi connectivity index (χ2v) is 7.49. The van der Waals surface area contributed by atoms with Crippen LogP contribution in [0.3, 0.4) is 0 Å². The molecule has 9 heteroatoms. The summed E-state index contributed by atoms with van der Waals surface area (Å²) in [6.45, 7) is 1.96. The van der Waals surface area contributed by atoms with Crippen LogP contribution < -0.4 is 4.90 Å². The zero-order valence-electron chi connectivity index (χ0n) is 16.1. The first-order chi connectivity index (χ1) is 13.5. The van der Waals surface area contributed by atoms with Gasteiger partial charge in [-0.25, -0.2) is 0 Å². The van der Waals surface area contributed by atoms with Crippen LogP contribution in [-0.2, 0) is 16.0 Å². The van der Waals surface area contributed by atoms with Crippen LogP contribution in [0.5, 0.6) is 0 Å². The van der Waals surface area contributed by atoms with Crippen LogP contribution in [0.15, 0.2) is 24.3 Å². The van der Waals surface area contributed by atoms with Crippen molar-refractivity contribution in [2.75, 3.05) is 50.0 Å².